The Morgan fingerprint density at radius 3 is 2.57 bits per heavy atom. The van der Waals surface area contributed by atoms with Gasteiger partial charge in [0.1, 0.15) is 5.82 Å². The van der Waals surface area contributed by atoms with Crippen molar-refractivity contribution >= 4 is 11.6 Å². The zero-order chi connectivity index (χ0) is 15.9. The fraction of sp³-hybridized carbons (Fsp3) is 0.647. The average molecular weight is 316 g/mol. The van der Waals surface area contributed by atoms with Gasteiger partial charge in [0, 0.05) is 12.6 Å². The Morgan fingerprint density at radius 1 is 1.33 bits per heavy atom. The van der Waals surface area contributed by atoms with E-state index in [1.807, 2.05) is 13.0 Å². The summed E-state index contributed by atoms with van der Waals surface area (Å²) >= 11 is 5.75. The maximum Gasteiger partial charge on any atom is 0.142 e. The molecule has 0 aliphatic heterocycles. The molecule has 0 amide bonds. The van der Waals surface area contributed by atoms with Crippen molar-refractivity contribution in [2.45, 2.75) is 58.6 Å². The summed E-state index contributed by atoms with van der Waals surface area (Å²) < 4.78 is 19.6. The number of halogens is 2. The van der Waals surface area contributed by atoms with Gasteiger partial charge in [-0.05, 0) is 57.4 Å². The molecule has 0 bridgehead atoms. The van der Waals surface area contributed by atoms with Crippen molar-refractivity contribution in [3.05, 3.63) is 34.6 Å². The number of rotatable bonds is 9. The van der Waals surface area contributed by atoms with Crippen LogP contribution in [-0.4, -0.2) is 24.8 Å². The number of nitrogens with one attached hydrogen (secondary N) is 1. The van der Waals surface area contributed by atoms with Crippen LogP contribution in [0.3, 0.4) is 0 Å². The van der Waals surface area contributed by atoms with Gasteiger partial charge in [-0.15, -0.1) is 0 Å². The molecule has 0 fully saturated rings. The second kappa shape index (κ2) is 8.72. The van der Waals surface area contributed by atoms with Crippen LogP contribution in [0.15, 0.2) is 18.2 Å². The molecular formula is C17H27ClFNO. The fourth-order valence-corrected chi connectivity index (χ4v) is 2.62. The largest absolute Gasteiger partial charge is 0.374 e. The lowest BCUT2D eigenvalue weighted by Crippen LogP contribution is -2.51. The molecule has 120 valence electrons. The van der Waals surface area contributed by atoms with Crippen molar-refractivity contribution in [2.75, 3.05) is 13.2 Å². The predicted octanol–water partition coefficient (Wildman–Crippen LogP) is 4.60. The SMILES string of the molecule is CCCNC(Cc1ccc(Cl)c(F)c1)C(C)(CC)OCC. The Kier molecular flexibility index (Phi) is 7.64. The van der Waals surface area contributed by atoms with Crippen LogP contribution in [0.25, 0.3) is 0 Å². The van der Waals surface area contributed by atoms with E-state index in [4.69, 9.17) is 16.3 Å². The van der Waals surface area contributed by atoms with Gasteiger partial charge in [-0.1, -0.05) is 31.5 Å². The van der Waals surface area contributed by atoms with Crippen molar-refractivity contribution in [3.8, 4) is 0 Å². The second-order valence-electron chi connectivity index (χ2n) is 5.56. The normalized spacial score (nSPS) is 15.7. The molecule has 2 unspecified atom stereocenters. The summed E-state index contributed by atoms with van der Waals surface area (Å²) in [6.45, 7) is 9.98. The van der Waals surface area contributed by atoms with Crippen LogP contribution in [0.2, 0.25) is 5.02 Å². The topological polar surface area (TPSA) is 21.3 Å². The first-order valence-electron chi connectivity index (χ1n) is 7.78. The Balaban J connectivity index is 2.93. The fourth-order valence-electron chi connectivity index (χ4n) is 2.50. The van der Waals surface area contributed by atoms with Gasteiger partial charge < -0.3 is 10.1 Å². The van der Waals surface area contributed by atoms with Crippen molar-refractivity contribution < 1.29 is 9.13 Å². The maximum atomic E-state index is 13.6. The summed E-state index contributed by atoms with van der Waals surface area (Å²) in [6, 6.07) is 5.16. The van der Waals surface area contributed by atoms with Crippen LogP contribution in [0, 0.1) is 5.82 Å². The molecule has 2 atom stereocenters. The van der Waals surface area contributed by atoms with E-state index in [1.165, 1.54) is 6.07 Å². The molecule has 0 spiro atoms. The van der Waals surface area contributed by atoms with E-state index in [1.54, 1.807) is 6.07 Å². The van der Waals surface area contributed by atoms with Gasteiger partial charge in [-0.3, -0.25) is 0 Å². The molecule has 2 nitrogen and oxygen atoms in total. The van der Waals surface area contributed by atoms with Crippen molar-refractivity contribution in [3.63, 3.8) is 0 Å². The van der Waals surface area contributed by atoms with Gasteiger partial charge in [0.25, 0.3) is 0 Å². The van der Waals surface area contributed by atoms with Crippen LogP contribution in [0.5, 0.6) is 0 Å². The van der Waals surface area contributed by atoms with Gasteiger partial charge in [0.15, 0.2) is 0 Å². The van der Waals surface area contributed by atoms with Crippen LogP contribution >= 0.6 is 11.6 Å². The average Bonchev–Trinajstić information content (AvgIpc) is 2.47. The van der Waals surface area contributed by atoms with Crippen LogP contribution < -0.4 is 5.32 Å². The minimum atomic E-state index is -0.363. The highest BCUT2D eigenvalue weighted by Gasteiger charge is 2.33. The smallest absolute Gasteiger partial charge is 0.142 e. The lowest BCUT2D eigenvalue weighted by atomic mass is 9.88. The Morgan fingerprint density at radius 2 is 2.05 bits per heavy atom. The molecule has 1 rings (SSSR count). The highest BCUT2D eigenvalue weighted by Crippen LogP contribution is 2.25. The second-order valence-corrected chi connectivity index (χ2v) is 5.97. The summed E-state index contributed by atoms with van der Waals surface area (Å²) in [7, 11) is 0. The molecule has 0 heterocycles. The Bertz CT molecular complexity index is 441. The van der Waals surface area contributed by atoms with Crippen molar-refractivity contribution in [1.29, 1.82) is 0 Å². The molecule has 0 saturated heterocycles. The first-order valence-corrected chi connectivity index (χ1v) is 8.15. The maximum absolute atomic E-state index is 13.6. The highest BCUT2D eigenvalue weighted by atomic mass is 35.5. The van der Waals surface area contributed by atoms with E-state index in [0.29, 0.717) is 6.61 Å². The van der Waals surface area contributed by atoms with E-state index in [2.05, 4.69) is 26.1 Å². The van der Waals surface area contributed by atoms with Gasteiger partial charge in [-0.2, -0.15) is 0 Å². The molecule has 1 aromatic rings. The van der Waals surface area contributed by atoms with Gasteiger partial charge in [0.2, 0.25) is 0 Å². The third-order valence-electron chi connectivity index (χ3n) is 3.98. The van der Waals surface area contributed by atoms with Gasteiger partial charge in [-0.25, -0.2) is 4.39 Å². The van der Waals surface area contributed by atoms with Crippen LogP contribution in [-0.2, 0) is 11.2 Å². The molecule has 1 N–H and O–H groups in total. The van der Waals surface area contributed by atoms with E-state index in [9.17, 15) is 4.39 Å². The van der Waals surface area contributed by atoms with Gasteiger partial charge in [0.05, 0.1) is 10.6 Å². The highest BCUT2D eigenvalue weighted by molar-refractivity contribution is 6.30. The Labute approximate surface area is 133 Å². The molecule has 0 saturated carbocycles. The van der Waals surface area contributed by atoms with Crippen LogP contribution in [0.4, 0.5) is 4.39 Å². The molecule has 0 aliphatic rings. The molecule has 0 aromatic heterocycles. The van der Waals surface area contributed by atoms with Crippen molar-refractivity contribution in [2.24, 2.45) is 0 Å². The number of ether oxygens (including phenoxy) is 1. The van der Waals surface area contributed by atoms with Crippen LogP contribution in [0.1, 0.15) is 46.1 Å². The monoisotopic (exact) mass is 315 g/mol. The summed E-state index contributed by atoms with van der Waals surface area (Å²) in [5.74, 6) is -0.363. The lowest BCUT2D eigenvalue weighted by molar-refractivity contribution is -0.0549. The third kappa shape index (κ3) is 5.24. The lowest BCUT2D eigenvalue weighted by Gasteiger charge is -2.37. The molecule has 4 heteroatoms. The number of benzene rings is 1. The standard InChI is InChI=1S/C17H27ClFNO/c1-5-10-20-16(17(4,6-2)21-7-3)12-13-8-9-14(18)15(19)11-13/h8-9,11,16,20H,5-7,10,12H2,1-4H3. The minimum absolute atomic E-state index is 0.142. The molecular weight excluding hydrogens is 289 g/mol. The first-order chi connectivity index (χ1) is 9.96. The first kappa shape index (κ1) is 18.4. The van der Waals surface area contributed by atoms with Gasteiger partial charge >= 0.3 is 0 Å². The van der Waals surface area contributed by atoms with Crippen molar-refractivity contribution in [1.82, 2.24) is 5.32 Å². The zero-order valence-corrected chi connectivity index (χ0v) is 14.3. The summed E-state index contributed by atoms with van der Waals surface area (Å²) in [6.07, 6.45) is 2.67. The molecule has 0 aliphatic carbocycles. The number of hydrogen-bond donors (Lipinski definition) is 1. The summed E-state index contributed by atoms with van der Waals surface area (Å²) in [5.41, 5.74) is 0.671. The van der Waals surface area contributed by atoms with E-state index < -0.39 is 0 Å². The summed E-state index contributed by atoms with van der Waals surface area (Å²) in [5, 5.41) is 3.71. The summed E-state index contributed by atoms with van der Waals surface area (Å²) in [4.78, 5) is 0. The minimum Gasteiger partial charge on any atom is -0.374 e. The van der Waals surface area contributed by atoms with E-state index in [-0.39, 0.29) is 22.5 Å². The predicted molar refractivity (Wildman–Crippen MR) is 87.5 cm³/mol. The van der Waals surface area contributed by atoms with E-state index >= 15 is 0 Å². The molecule has 21 heavy (non-hydrogen) atoms. The Hall–Kier alpha value is -0.640. The third-order valence-corrected chi connectivity index (χ3v) is 4.28. The quantitative estimate of drug-likeness (QED) is 0.719. The molecule has 0 radical (unpaired) electrons. The van der Waals surface area contributed by atoms with E-state index in [0.717, 1.165) is 31.4 Å². The number of hydrogen-bond acceptors (Lipinski definition) is 2. The zero-order valence-electron chi connectivity index (χ0n) is 13.5. The molecule has 1 aromatic carbocycles.